The SMILES string of the molecule is CCN1CCc2[nH]cnc2C12CCN(Cc1ccc3c(ccn3CC)c1)CC2. The van der Waals surface area contributed by atoms with E-state index in [-0.39, 0.29) is 5.54 Å². The van der Waals surface area contributed by atoms with Gasteiger partial charge in [0.25, 0.3) is 0 Å². The Morgan fingerprint density at radius 1 is 1.07 bits per heavy atom. The van der Waals surface area contributed by atoms with Crippen molar-refractivity contribution >= 4 is 10.9 Å². The predicted octanol–water partition coefficient (Wildman–Crippen LogP) is 3.75. The molecule has 0 amide bonds. The number of nitrogens with one attached hydrogen (secondary N) is 1. The van der Waals surface area contributed by atoms with Crippen molar-refractivity contribution in [2.75, 3.05) is 26.2 Å². The van der Waals surface area contributed by atoms with Crippen molar-refractivity contribution in [3.05, 3.63) is 53.7 Å². The van der Waals surface area contributed by atoms with Crippen LogP contribution < -0.4 is 0 Å². The van der Waals surface area contributed by atoms with Crippen molar-refractivity contribution in [2.24, 2.45) is 0 Å². The first-order chi connectivity index (χ1) is 13.7. The van der Waals surface area contributed by atoms with E-state index in [4.69, 9.17) is 4.98 Å². The quantitative estimate of drug-likeness (QED) is 0.753. The predicted molar refractivity (Wildman–Crippen MR) is 113 cm³/mol. The maximum absolute atomic E-state index is 4.77. The number of benzene rings is 1. The number of hydrogen-bond donors (Lipinski definition) is 1. The fraction of sp³-hybridized carbons (Fsp3) is 0.522. The Labute approximate surface area is 167 Å². The molecule has 4 heterocycles. The number of likely N-dealkylation sites (tertiary alicyclic amines) is 1. The topological polar surface area (TPSA) is 40.1 Å². The van der Waals surface area contributed by atoms with Gasteiger partial charge < -0.3 is 9.55 Å². The van der Waals surface area contributed by atoms with Gasteiger partial charge in [0.1, 0.15) is 0 Å². The standard InChI is InChI=1S/C23H31N5/c1-3-27-11-7-19-15-18(5-6-21(19)27)16-26-13-9-23(10-14-26)22-20(24-17-25-22)8-12-28(23)4-2/h5-7,11,15,17H,3-4,8-10,12-14,16H2,1-2H3,(H,24,25). The zero-order valence-electron chi connectivity index (χ0n) is 17.1. The molecule has 1 aromatic carbocycles. The van der Waals surface area contributed by atoms with Gasteiger partial charge in [-0.1, -0.05) is 13.0 Å². The molecule has 0 radical (unpaired) electrons. The van der Waals surface area contributed by atoms with Crippen LogP contribution in [0.2, 0.25) is 0 Å². The highest BCUT2D eigenvalue weighted by atomic mass is 15.3. The van der Waals surface area contributed by atoms with E-state index in [1.807, 2.05) is 6.33 Å². The van der Waals surface area contributed by atoms with Crippen molar-refractivity contribution in [2.45, 2.75) is 51.7 Å². The average molecular weight is 378 g/mol. The van der Waals surface area contributed by atoms with Gasteiger partial charge in [0.05, 0.1) is 17.6 Å². The Hall–Kier alpha value is -2.11. The van der Waals surface area contributed by atoms with E-state index in [0.29, 0.717) is 0 Å². The fourth-order valence-electron chi connectivity index (χ4n) is 5.50. The summed E-state index contributed by atoms with van der Waals surface area (Å²) < 4.78 is 2.31. The van der Waals surface area contributed by atoms with Gasteiger partial charge in [-0.15, -0.1) is 0 Å². The number of aromatic nitrogens is 3. The van der Waals surface area contributed by atoms with Gasteiger partial charge in [-0.2, -0.15) is 0 Å². The minimum absolute atomic E-state index is 0.140. The monoisotopic (exact) mass is 377 g/mol. The van der Waals surface area contributed by atoms with Gasteiger partial charge in [-0.05, 0) is 55.5 Å². The average Bonchev–Trinajstić information content (AvgIpc) is 3.37. The van der Waals surface area contributed by atoms with Gasteiger partial charge in [0.2, 0.25) is 0 Å². The molecule has 5 heteroatoms. The highest BCUT2D eigenvalue weighted by Crippen LogP contribution is 2.42. The first-order valence-electron chi connectivity index (χ1n) is 10.8. The lowest BCUT2D eigenvalue weighted by atomic mass is 9.78. The molecule has 0 atom stereocenters. The van der Waals surface area contributed by atoms with Crippen LogP contribution in [-0.2, 0) is 25.0 Å². The second-order valence-corrected chi connectivity index (χ2v) is 8.36. The van der Waals surface area contributed by atoms with Crippen LogP contribution in [0.25, 0.3) is 10.9 Å². The highest BCUT2D eigenvalue weighted by molar-refractivity contribution is 5.80. The summed E-state index contributed by atoms with van der Waals surface area (Å²) >= 11 is 0. The molecule has 1 fully saturated rings. The second kappa shape index (κ2) is 7.05. The second-order valence-electron chi connectivity index (χ2n) is 8.36. The Balaban J connectivity index is 1.32. The lowest BCUT2D eigenvalue weighted by Crippen LogP contribution is -2.56. The van der Waals surface area contributed by atoms with E-state index in [2.05, 4.69) is 63.7 Å². The number of likely N-dealkylation sites (N-methyl/N-ethyl adjacent to an activating group) is 1. The third-order valence-corrected chi connectivity index (χ3v) is 7.04. The molecule has 0 unspecified atom stereocenters. The molecule has 28 heavy (non-hydrogen) atoms. The number of H-pyrrole nitrogens is 1. The van der Waals surface area contributed by atoms with E-state index in [1.54, 1.807) is 0 Å². The van der Waals surface area contributed by atoms with Crippen LogP contribution in [0.3, 0.4) is 0 Å². The maximum atomic E-state index is 4.77. The first kappa shape index (κ1) is 18.0. The van der Waals surface area contributed by atoms with Crippen LogP contribution >= 0.6 is 0 Å². The Kier molecular flexibility index (Phi) is 4.52. The normalized spacial score (nSPS) is 20.1. The molecule has 0 aliphatic carbocycles. The number of nitrogens with zero attached hydrogens (tertiary/aromatic N) is 4. The lowest BCUT2D eigenvalue weighted by molar-refractivity contribution is 0.00711. The Morgan fingerprint density at radius 2 is 1.93 bits per heavy atom. The first-order valence-corrected chi connectivity index (χ1v) is 10.8. The number of aryl methyl sites for hydroxylation is 1. The molecule has 0 bridgehead atoms. The van der Waals surface area contributed by atoms with E-state index >= 15 is 0 Å². The van der Waals surface area contributed by atoms with Crippen LogP contribution in [0.5, 0.6) is 0 Å². The number of fused-ring (bicyclic) bond motifs is 3. The molecular weight excluding hydrogens is 346 g/mol. The van der Waals surface area contributed by atoms with Crippen molar-refractivity contribution in [1.82, 2.24) is 24.3 Å². The third kappa shape index (κ3) is 2.80. The Bertz CT molecular complexity index is 960. The summed E-state index contributed by atoms with van der Waals surface area (Å²) in [6, 6.07) is 9.21. The van der Waals surface area contributed by atoms with Crippen molar-refractivity contribution in [3.63, 3.8) is 0 Å². The summed E-state index contributed by atoms with van der Waals surface area (Å²) in [6.45, 7) is 11.1. The lowest BCUT2D eigenvalue weighted by Gasteiger charge is -2.50. The summed E-state index contributed by atoms with van der Waals surface area (Å²) in [5, 5.41) is 1.36. The number of rotatable bonds is 4. The van der Waals surface area contributed by atoms with E-state index in [9.17, 15) is 0 Å². The minimum atomic E-state index is 0.140. The van der Waals surface area contributed by atoms with E-state index in [0.717, 1.165) is 45.7 Å². The number of imidazole rings is 1. The maximum Gasteiger partial charge on any atom is 0.0926 e. The molecule has 2 aliphatic heterocycles. The van der Waals surface area contributed by atoms with Crippen LogP contribution in [0.15, 0.2) is 36.8 Å². The van der Waals surface area contributed by atoms with Crippen LogP contribution in [0.1, 0.15) is 43.6 Å². The highest BCUT2D eigenvalue weighted by Gasteiger charge is 2.45. The molecule has 5 rings (SSSR count). The van der Waals surface area contributed by atoms with Gasteiger partial charge in [-0.3, -0.25) is 9.80 Å². The molecule has 1 saturated heterocycles. The zero-order valence-corrected chi connectivity index (χ0v) is 17.1. The molecule has 2 aromatic heterocycles. The largest absolute Gasteiger partial charge is 0.348 e. The molecule has 5 nitrogen and oxygen atoms in total. The van der Waals surface area contributed by atoms with Crippen LogP contribution in [0.4, 0.5) is 0 Å². The third-order valence-electron chi connectivity index (χ3n) is 7.04. The van der Waals surface area contributed by atoms with Gasteiger partial charge in [-0.25, -0.2) is 4.98 Å². The molecule has 0 saturated carbocycles. The summed E-state index contributed by atoms with van der Waals surface area (Å²) in [6.07, 6.45) is 7.55. The molecule has 148 valence electrons. The van der Waals surface area contributed by atoms with Crippen molar-refractivity contribution < 1.29 is 0 Å². The van der Waals surface area contributed by atoms with Gasteiger partial charge >= 0.3 is 0 Å². The molecular formula is C23H31N5. The Morgan fingerprint density at radius 3 is 2.71 bits per heavy atom. The minimum Gasteiger partial charge on any atom is -0.348 e. The summed E-state index contributed by atoms with van der Waals surface area (Å²) in [7, 11) is 0. The molecule has 3 aromatic rings. The number of aromatic amines is 1. The smallest absolute Gasteiger partial charge is 0.0926 e. The summed E-state index contributed by atoms with van der Waals surface area (Å²) in [4.78, 5) is 13.5. The van der Waals surface area contributed by atoms with Gasteiger partial charge in [0, 0.05) is 56.6 Å². The molecule has 1 N–H and O–H groups in total. The van der Waals surface area contributed by atoms with E-state index < -0.39 is 0 Å². The summed E-state index contributed by atoms with van der Waals surface area (Å²) in [5.74, 6) is 0. The summed E-state index contributed by atoms with van der Waals surface area (Å²) in [5.41, 5.74) is 5.59. The number of hydrogen-bond acceptors (Lipinski definition) is 3. The van der Waals surface area contributed by atoms with Crippen LogP contribution in [-0.4, -0.2) is 50.5 Å². The van der Waals surface area contributed by atoms with Crippen LogP contribution in [0, 0.1) is 0 Å². The van der Waals surface area contributed by atoms with Crippen molar-refractivity contribution in [1.29, 1.82) is 0 Å². The molecule has 1 spiro atoms. The van der Waals surface area contributed by atoms with Crippen molar-refractivity contribution in [3.8, 4) is 0 Å². The zero-order chi connectivity index (χ0) is 19.1. The number of piperidine rings is 1. The molecule has 2 aliphatic rings. The van der Waals surface area contributed by atoms with Gasteiger partial charge in [0.15, 0.2) is 0 Å². The van der Waals surface area contributed by atoms with E-state index in [1.165, 1.54) is 40.7 Å². The fourth-order valence-corrected chi connectivity index (χ4v) is 5.50.